The molecule has 0 aromatic heterocycles. The van der Waals surface area contributed by atoms with Crippen LogP contribution in [-0.4, -0.2) is 12.0 Å². The number of rotatable bonds is 2. The van der Waals surface area contributed by atoms with E-state index in [1.54, 1.807) is 0 Å². The van der Waals surface area contributed by atoms with Crippen molar-refractivity contribution >= 4 is 39.7 Å². The van der Waals surface area contributed by atoms with E-state index >= 15 is 0 Å². The van der Waals surface area contributed by atoms with E-state index in [4.69, 9.17) is 10.5 Å². The number of ether oxygens (including phenoxy) is 1. The molecule has 0 aliphatic rings. The van der Waals surface area contributed by atoms with E-state index in [9.17, 15) is 10.1 Å². The fourth-order valence-electron chi connectivity index (χ4n) is 0.873. The molecule has 0 atom stereocenters. The van der Waals surface area contributed by atoms with Crippen LogP contribution in [0, 0.1) is 10.1 Å². The molecule has 1 aromatic carbocycles. The molecule has 1 aromatic rings. The predicted octanol–water partition coefficient (Wildman–Crippen LogP) is 2.37. The molecule has 0 radical (unpaired) electrons. The summed E-state index contributed by atoms with van der Waals surface area (Å²) in [5.74, 6) is 0.475. The van der Waals surface area contributed by atoms with E-state index in [1.165, 1.54) is 19.2 Å². The average molecular weight is 284 g/mol. The zero-order chi connectivity index (χ0) is 10.0. The van der Waals surface area contributed by atoms with Gasteiger partial charge in [-0.05, 0) is 15.9 Å². The van der Waals surface area contributed by atoms with Gasteiger partial charge in [-0.25, -0.2) is 0 Å². The number of halogens is 2. The largest absolute Gasteiger partial charge is 0.495 e. The first-order valence-corrected chi connectivity index (χ1v) is 4.13. The van der Waals surface area contributed by atoms with Crippen molar-refractivity contribution in [3.63, 3.8) is 0 Å². The lowest BCUT2D eigenvalue weighted by Crippen LogP contribution is -1.96. The predicted molar refractivity (Wildman–Crippen MR) is 59.0 cm³/mol. The standard InChI is InChI=1S/C7H7BrN2O3.ClH/c1-13-7-3-5(9)6(10(11)12)2-4(7)8;/h2-3H,9H2,1H3;1H. The van der Waals surface area contributed by atoms with Gasteiger partial charge in [-0.2, -0.15) is 0 Å². The van der Waals surface area contributed by atoms with Gasteiger partial charge in [0.25, 0.3) is 5.69 Å². The Morgan fingerprint density at radius 3 is 2.57 bits per heavy atom. The van der Waals surface area contributed by atoms with Crippen molar-refractivity contribution in [2.24, 2.45) is 0 Å². The molecule has 7 heteroatoms. The van der Waals surface area contributed by atoms with Crippen LogP contribution in [0.5, 0.6) is 5.75 Å². The SMILES string of the molecule is COc1cc(N)c([N+](=O)[O-])cc1Br.Cl. The first kappa shape index (κ1) is 13.0. The molecule has 1 rings (SSSR count). The molecular formula is C7H8BrClN2O3. The number of nitro groups is 1. The Balaban J connectivity index is 0.00000169. The number of nitro benzene ring substituents is 1. The van der Waals surface area contributed by atoms with Gasteiger partial charge in [-0.15, -0.1) is 12.4 Å². The van der Waals surface area contributed by atoms with Crippen molar-refractivity contribution in [1.29, 1.82) is 0 Å². The minimum atomic E-state index is -0.542. The third-order valence-corrected chi connectivity index (χ3v) is 2.12. The summed E-state index contributed by atoms with van der Waals surface area (Å²) in [5.41, 5.74) is 5.38. The number of hydrogen-bond donors (Lipinski definition) is 1. The molecule has 5 nitrogen and oxygen atoms in total. The fraction of sp³-hybridized carbons (Fsp3) is 0.143. The minimum absolute atomic E-state index is 0. The molecular weight excluding hydrogens is 275 g/mol. The lowest BCUT2D eigenvalue weighted by atomic mass is 10.2. The molecule has 2 N–H and O–H groups in total. The van der Waals surface area contributed by atoms with Crippen molar-refractivity contribution in [3.05, 3.63) is 26.7 Å². The Bertz CT molecular complexity index is 359. The Labute approximate surface area is 94.9 Å². The van der Waals surface area contributed by atoms with Crippen molar-refractivity contribution < 1.29 is 9.66 Å². The Morgan fingerprint density at radius 2 is 2.14 bits per heavy atom. The maximum atomic E-state index is 10.4. The van der Waals surface area contributed by atoms with Gasteiger partial charge in [0.1, 0.15) is 11.4 Å². The summed E-state index contributed by atoms with van der Waals surface area (Å²) in [4.78, 5) is 9.90. The smallest absolute Gasteiger partial charge is 0.293 e. The summed E-state index contributed by atoms with van der Waals surface area (Å²) in [5, 5.41) is 10.4. The highest BCUT2D eigenvalue weighted by Crippen LogP contribution is 2.33. The molecule has 0 unspecified atom stereocenters. The van der Waals surface area contributed by atoms with E-state index in [0.29, 0.717) is 10.2 Å². The molecule has 0 aliphatic carbocycles. The Morgan fingerprint density at radius 1 is 1.57 bits per heavy atom. The maximum Gasteiger partial charge on any atom is 0.293 e. The number of benzene rings is 1. The first-order chi connectivity index (χ1) is 6.06. The molecule has 78 valence electrons. The summed E-state index contributed by atoms with van der Waals surface area (Å²) in [6, 6.07) is 2.72. The highest BCUT2D eigenvalue weighted by atomic mass is 79.9. The first-order valence-electron chi connectivity index (χ1n) is 3.33. The fourth-order valence-corrected chi connectivity index (χ4v) is 1.37. The van der Waals surface area contributed by atoms with Gasteiger partial charge in [0.15, 0.2) is 0 Å². The van der Waals surface area contributed by atoms with Gasteiger partial charge in [0, 0.05) is 12.1 Å². The number of nitrogens with zero attached hydrogens (tertiary/aromatic N) is 1. The number of hydrogen-bond acceptors (Lipinski definition) is 4. The third kappa shape index (κ3) is 2.49. The number of methoxy groups -OCH3 is 1. The van der Waals surface area contributed by atoms with Crippen LogP contribution in [0.4, 0.5) is 11.4 Å². The van der Waals surface area contributed by atoms with Crippen molar-refractivity contribution in [2.45, 2.75) is 0 Å². The van der Waals surface area contributed by atoms with Crippen LogP contribution in [0.25, 0.3) is 0 Å². The Kier molecular flexibility index (Phi) is 4.65. The number of nitrogens with two attached hydrogens (primary N) is 1. The summed E-state index contributed by atoms with van der Waals surface area (Å²) in [6.07, 6.45) is 0. The van der Waals surface area contributed by atoms with Gasteiger partial charge >= 0.3 is 0 Å². The third-order valence-electron chi connectivity index (χ3n) is 1.50. The molecule has 0 aliphatic heterocycles. The van der Waals surface area contributed by atoms with E-state index in [1.807, 2.05) is 0 Å². The topological polar surface area (TPSA) is 78.4 Å². The molecule has 0 bridgehead atoms. The van der Waals surface area contributed by atoms with Crippen LogP contribution in [0.15, 0.2) is 16.6 Å². The maximum absolute atomic E-state index is 10.4. The molecule has 0 saturated carbocycles. The van der Waals surface area contributed by atoms with Crippen LogP contribution in [0.1, 0.15) is 0 Å². The summed E-state index contributed by atoms with van der Waals surface area (Å²) < 4.78 is 5.42. The second-order valence-electron chi connectivity index (χ2n) is 2.30. The summed E-state index contributed by atoms with van der Waals surface area (Å²) in [6.45, 7) is 0. The van der Waals surface area contributed by atoms with Crippen LogP contribution in [0.2, 0.25) is 0 Å². The lowest BCUT2D eigenvalue weighted by molar-refractivity contribution is -0.384. The van der Waals surface area contributed by atoms with Crippen molar-refractivity contribution in [2.75, 3.05) is 12.8 Å². The minimum Gasteiger partial charge on any atom is -0.495 e. The van der Waals surface area contributed by atoms with Gasteiger partial charge in [0.05, 0.1) is 16.5 Å². The molecule has 0 heterocycles. The highest BCUT2D eigenvalue weighted by molar-refractivity contribution is 9.10. The van der Waals surface area contributed by atoms with Gasteiger partial charge in [-0.1, -0.05) is 0 Å². The van der Waals surface area contributed by atoms with Crippen molar-refractivity contribution in [3.8, 4) is 5.75 Å². The zero-order valence-corrected chi connectivity index (χ0v) is 9.59. The normalized spacial score (nSPS) is 9.00. The number of nitrogen functional groups attached to an aromatic ring is 1. The van der Waals surface area contributed by atoms with Gasteiger partial charge in [-0.3, -0.25) is 10.1 Å². The van der Waals surface area contributed by atoms with Crippen LogP contribution in [-0.2, 0) is 0 Å². The quantitative estimate of drug-likeness (QED) is 0.513. The summed E-state index contributed by atoms with van der Waals surface area (Å²) >= 11 is 3.12. The van der Waals surface area contributed by atoms with Crippen LogP contribution in [0.3, 0.4) is 0 Å². The zero-order valence-electron chi connectivity index (χ0n) is 7.19. The van der Waals surface area contributed by atoms with Gasteiger partial charge < -0.3 is 10.5 Å². The van der Waals surface area contributed by atoms with E-state index in [-0.39, 0.29) is 23.8 Å². The lowest BCUT2D eigenvalue weighted by Gasteiger charge is -2.04. The molecule has 0 spiro atoms. The summed E-state index contributed by atoms with van der Waals surface area (Å²) in [7, 11) is 1.46. The average Bonchev–Trinajstić information content (AvgIpc) is 2.07. The second-order valence-corrected chi connectivity index (χ2v) is 3.16. The Hall–Kier alpha value is -1.01. The van der Waals surface area contributed by atoms with E-state index in [0.717, 1.165) is 0 Å². The molecule has 0 saturated heterocycles. The second kappa shape index (κ2) is 5.02. The van der Waals surface area contributed by atoms with E-state index in [2.05, 4.69) is 15.9 Å². The van der Waals surface area contributed by atoms with E-state index < -0.39 is 4.92 Å². The molecule has 14 heavy (non-hydrogen) atoms. The van der Waals surface area contributed by atoms with Crippen LogP contribution < -0.4 is 10.5 Å². The van der Waals surface area contributed by atoms with Crippen molar-refractivity contribution in [1.82, 2.24) is 0 Å². The number of anilines is 1. The van der Waals surface area contributed by atoms with Gasteiger partial charge in [0.2, 0.25) is 0 Å². The molecule has 0 fully saturated rings. The monoisotopic (exact) mass is 282 g/mol. The molecule has 0 amide bonds. The van der Waals surface area contributed by atoms with Crippen LogP contribution >= 0.6 is 28.3 Å². The highest BCUT2D eigenvalue weighted by Gasteiger charge is 2.14.